The van der Waals surface area contributed by atoms with Gasteiger partial charge in [-0.25, -0.2) is 4.98 Å². The van der Waals surface area contributed by atoms with Gasteiger partial charge in [0.25, 0.3) is 5.91 Å². The molecule has 0 aliphatic rings. The molecule has 0 saturated carbocycles. The summed E-state index contributed by atoms with van der Waals surface area (Å²) in [6, 6.07) is 10.2. The van der Waals surface area contributed by atoms with Gasteiger partial charge in [-0.3, -0.25) is 4.79 Å². The van der Waals surface area contributed by atoms with E-state index in [1.54, 1.807) is 24.3 Å². The Morgan fingerprint density at radius 1 is 1.08 bits per heavy atom. The number of pyridine rings is 1. The number of benzene rings is 2. The minimum absolute atomic E-state index is 0.259. The second-order valence-electron chi connectivity index (χ2n) is 5.46. The van der Waals surface area contributed by atoms with Crippen LogP contribution < -0.4 is 10.1 Å². The first-order valence-corrected chi connectivity index (χ1v) is 9.00. The second kappa shape index (κ2) is 7.89. The predicted molar refractivity (Wildman–Crippen MR) is 107 cm³/mol. The van der Waals surface area contributed by atoms with Crippen LogP contribution in [0.25, 0.3) is 10.9 Å². The normalized spacial score (nSPS) is 10.8. The van der Waals surface area contributed by atoms with E-state index in [4.69, 9.17) is 51.1 Å². The average molecular weight is 430 g/mol. The van der Waals surface area contributed by atoms with Gasteiger partial charge in [-0.1, -0.05) is 52.5 Å². The molecule has 3 aromatic rings. The predicted octanol–water partition coefficient (Wildman–Crippen LogP) is 6.17. The second-order valence-corrected chi connectivity index (χ2v) is 7.06. The zero-order chi connectivity index (χ0) is 18.8. The third-order valence-electron chi connectivity index (χ3n) is 3.55. The molecule has 0 radical (unpaired) electrons. The number of halogens is 4. The average Bonchev–Trinajstić information content (AvgIpc) is 2.58. The Hall–Kier alpha value is -1.72. The molecule has 3 rings (SSSR count). The smallest absolute Gasteiger partial charge is 0.262 e. The van der Waals surface area contributed by atoms with Crippen LogP contribution in [0.5, 0.6) is 5.75 Å². The van der Waals surface area contributed by atoms with Crippen LogP contribution >= 0.6 is 46.4 Å². The van der Waals surface area contributed by atoms with Crippen LogP contribution in [-0.2, 0) is 4.79 Å². The highest BCUT2D eigenvalue weighted by Crippen LogP contribution is 2.37. The molecule has 0 aliphatic heterocycles. The fourth-order valence-electron chi connectivity index (χ4n) is 2.35. The minimum Gasteiger partial charge on any atom is -0.480 e. The summed E-state index contributed by atoms with van der Waals surface area (Å²) >= 11 is 24.4. The maximum atomic E-state index is 12.2. The van der Waals surface area contributed by atoms with Crippen LogP contribution in [0.15, 0.2) is 36.4 Å². The number of fused-ring (bicyclic) bond motifs is 1. The molecule has 0 saturated heterocycles. The van der Waals surface area contributed by atoms with Gasteiger partial charge in [-0.2, -0.15) is 0 Å². The van der Waals surface area contributed by atoms with Crippen molar-refractivity contribution in [3.05, 3.63) is 62.2 Å². The van der Waals surface area contributed by atoms with E-state index in [1.165, 1.54) is 0 Å². The Labute approximate surface area is 170 Å². The van der Waals surface area contributed by atoms with Crippen molar-refractivity contribution in [2.45, 2.75) is 6.92 Å². The SMILES string of the molecule is Cc1ccc2c(Cl)cc(Cl)c(OCC(=O)Nc3cccc(Cl)c3Cl)c2n1. The molecule has 1 amide bonds. The summed E-state index contributed by atoms with van der Waals surface area (Å²) in [5.74, 6) is -0.122. The van der Waals surface area contributed by atoms with Gasteiger partial charge in [-0.15, -0.1) is 0 Å². The van der Waals surface area contributed by atoms with E-state index in [9.17, 15) is 4.79 Å². The van der Waals surface area contributed by atoms with Crippen LogP contribution in [-0.4, -0.2) is 17.5 Å². The van der Waals surface area contributed by atoms with Crippen LogP contribution in [0, 0.1) is 6.92 Å². The van der Waals surface area contributed by atoms with Crippen LogP contribution in [0.1, 0.15) is 5.69 Å². The summed E-state index contributed by atoms with van der Waals surface area (Å²) < 4.78 is 5.62. The van der Waals surface area contributed by atoms with Gasteiger partial charge in [0.1, 0.15) is 5.52 Å². The number of hydrogen-bond acceptors (Lipinski definition) is 3. The van der Waals surface area contributed by atoms with Crippen molar-refractivity contribution in [2.24, 2.45) is 0 Å². The third-order valence-corrected chi connectivity index (χ3v) is 4.96. The standard InChI is InChI=1S/C18H12Cl4N2O2/c1-9-5-6-10-12(20)7-13(21)18(17(10)23-9)26-8-15(25)24-14-4-2-3-11(19)16(14)22/h2-7H,8H2,1H3,(H,24,25). The van der Waals surface area contributed by atoms with E-state index in [0.717, 1.165) is 5.69 Å². The number of anilines is 1. The Balaban J connectivity index is 1.82. The van der Waals surface area contributed by atoms with Gasteiger partial charge in [0.15, 0.2) is 12.4 Å². The van der Waals surface area contributed by atoms with Crippen molar-refractivity contribution < 1.29 is 9.53 Å². The summed E-state index contributed by atoms with van der Waals surface area (Å²) in [5, 5.41) is 4.67. The Bertz CT molecular complexity index is 1010. The number of nitrogens with zero attached hydrogens (tertiary/aromatic N) is 1. The number of aromatic nitrogens is 1. The first-order chi connectivity index (χ1) is 12.4. The third kappa shape index (κ3) is 3.99. The molecule has 0 unspecified atom stereocenters. The van der Waals surface area contributed by atoms with Crippen molar-refractivity contribution in [1.29, 1.82) is 0 Å². The lowest BCUT2D eigenvalue weighted by Crippen LogP contribution is -2.20. The molecule has 1 N–H and O–H groups in total. The number of hydrogen-bond donors (Lipinski definition) is 1. The fourth-order valence-corrected chi connectivity index (χ4v) is 3.27. The molecule has 1 aromatic heterocycles. The minimum atomic E-state index is -0.416. The van der Waals surface area contributed by atoms with Gasteiger partial charge in [0.2, 0.25) is 0 Å². The quantitative estimate of drug-likeness (QED) is 0.539. The molecule has 0 spiro atoms. The highest BCUT2D eigenvalue weighted by atomic mass is 35.5. The number of rotatable bonds is 4. The van der Waals surface area contributed by atoms with E-state index < -0.39 is 5.91 Å². The van der Waals surface area contributed by atoms with E-state index in [1.807, 2.05) is 19.1 Å². The number of carbonyl (C=O) groups excluding carboxylic acids is 1. The molecular weight excluding hydrogens is 418 g/mol. The zero-order valence-electron chi connectivity index (χ0n) is 13.4. The van der Waals surface area contributed by atoms with Gasteiger partial charge in [-0.05, 0) is 37.3 Å². The molecule has 2 aromatic carbocycles. The Morgan fingerprint density at radius 3 is 2.62 bits per heavy atom. The van der Waals surface area contributed by atoms with E-state index in [0.29, 0.717) is 32.4 Å². The monoisotopic (exact) mass is 428 g/mol. The summed E-state index contributed by atoms with van der Waals surface area (Å²) in [6.45, 7) is 1.56. The lowest BCUT2D eigenvalue weighted by Gasteiger charge is -2.13. The number of aryl methyl sites for hydroxylation is 1. The first-order valence-electron chi connectivity index (χ1n) is 7.49. The molecule has 0 atom stereocenters. The maximum Gasteiger partial charge on any atom is 0.262 e. The zero-order valence-corrected chi connectivity index (χ0v) is 16.5. The number of nitrogens with one attached hydrogen (secondary N) is 1. The fraction of sp³-hybridized carbons (Fsp3) is 0.111. The summed E-state index contributed by atoms with van der Waals surface area (Å²) in [4.78, 5) is 16.6. The lowest BCUT2D eigenvalue weighted by molar-refractivity contribution is -0.118. The lowest BCUT2D eigenvalue weighted by atomic mass is 10.2. The molecule has 4 nitrogen and oxygen atoms in total. The Morgan fingerprint density at radius 2 is 1.85 bits per heavy atom. The van der Waals surface area contributed by atoms with Crippen molar-refractivity contribution in [3.63, 3.8) is 0 Å². The van der Waals surface area contributed by atoms with Crippen molar-refractivity contribution in [1.82, 2.24) is 4.98 Å². The molecule has 8 heteroatoms. The number of amides is 1. The molecule has 1 heterocycles. The number of ether oxygens (including phenoxy) is 1. The van der Waals surface area contributed by atoms with Crippen LogP contribution in [0.2, 0.25) is 20.1 Å². The summed E-state index contributed by atoms with van der Waals surface area (Å²) in [5.41, 5.74) is 1.67. The highest BCUT2D eigenvalue weighted by Gasteiger charge is 2.15. The maximum absolute atomic E-state index is 12.2. The van der Waals surface area contributed by atoms with Crippen LogP contribution in [0.3, 0.4) is 0 Å². The first kappa shape index (κ1) is 19.1. The topological polar surface area (TPSA) is 51.2 Å². The van der Waals surface area contributed by atoms with Gasteiger partial charge in [0, 0.05) is 11.1 Å². The summed E-state index contributed by atoms with van der Waals surface area (Å²) in [7, 11) is 0. The van der Waals surface area contributed by atoms with E-state index in [2.05, 4.69) is 10.3 Å². The van der Waals surface area contributed by atoms with Gasteiger partial charge < -0.3 is 10.1 Å². The highest BCUT2D eigenvalue weighted by molar-refractivity contribution is 6.44. The van der Waals surface area contributed by atoms with E-state index >= 15 is 0 Å². The molecule has 0 fully saturated rings. The molecular formula is C18H12Cl4N2O2. The van der Waals surface area contributed by atoms with Crippen LogP contribution in [0.4, 0.5) is 5.69 Å². The molecule has 134 valence electrons. The summed E-state index contributed by atoms with van der Waals surface area (Å²) in [6.07, 6.45) is 0. The Kier molecular flexibility index (Phi) is 5.78. The van der Waals surface area contributed by atoms with Crippen molar-refractivity contribution in [3.8, 4) is 5.75 Å². The largest absolute Gasteiger partial charge is 0.480 e. The van der Waals surface area contributed by atoms with Crippen molar-refractivity contribution in [2.75, 3.05) is 11.9 Å². The van der Waals surface area contributed by atoms with Gasteiger partial charge >= 0.3 is 0 Å². The van der Waals surface area contributed by atoms with Gasteiger partial charge in [0.05, 0.1) is 25.8 Å². The number of carbonyl (C=O) groups is 1. The molecule has 26 heavy (non-hydrogen) atoms. The molecule has 0 aliphatic carbocycles. The van der Waals surface area contributed by atoms with E-state index in [-0.39, 0.29) is 16.7 Å². The molecule has 0 bridgehead atoms. The van der Waals surface area contributed by atoms with Crippen molar-refractivity contribution >= 4 is 68.9 Å².